The summed E-state index contributed by atoms with van der Waals surface area (Å²) in [5, 5.41) is 12.8. The minimum absolute atomic E-state index is 0.207. The summed E-state index contributed by atoms with van der Waals surface area (Å²) in [6.07, 6.45) is 5.26. The highest BCUT2D eigenvalue weighted by atomic mass is 35.5. The van der Waals surface area contributed by atoms with E-state index in [1.807, 2.05) is 18.2 Å². The van der Waals surface area contributed by atoms with Crippen molar-refractivity contribution in [3.05, 3.63) is 23.2 Å². The highest BCUT2D eigenvalue weighted by Crippen LogP contribution is 2.29. The lowest BCUT2D eigenvalue weighted by atomic mass is 10.2. The molecule has 4 nitrogen and oxygen atoms in total. The summed E-state index contributed by atoms with van der Waals surface area (Å²) in [6, 6.07) is 5.62. The average Bonchev–Trinajstić information content (AvgIpc) is 2.99. The van der Waals surface area contributed by atoms with Crippen molar-refractivity contribution < 1.29 is 14.6 Å². The molecule has 118 valence electrons. The molecule has 1 aliphatic heterocycles. The highest BCUT2D eigenvalue weighted by Gasteiger charge is 2.16. The Morgan fingerprint density at radius 3 is 3.00 bits per heavy atom. The lowest BCUT2D eigenvalue weighted by Gasteiger charge is -2.16. The minimum atomic E-state index is 0.207. The van der Waals surface area contributed by atoms with E-state index in [4.69, 9.17) is 26.2 Å². The molecule has 0 amide bonds. The Kier molecular flexibility index (Phi) is 7.13. The van der Waals surface area contributed by atoms with E-state index in [2.05, 4.69) is 5.32 Å². The first kappa shape index (κ1) is 16.4. The topological polar surface area (TPSA) is 50.7 Å². The van der Waals surface area contributed by atoms with Gasteiger partial charge < -0.3 is 19.9 Å². The van der Waals surface area contributed by atoms with Crippen molar-refractivity contribution in [2.24, 2.45) is 0 Å². The maximum Gasteiger partial charge on any atom is 0.142 e. The highest BCUT2D eigenvalue weighted by molar-refractivity contribution is 6.30. The van der Waals surface area contributed by atoms with Crippen LogP contribution in [-0.4, -0.2) is 37.6 Å². The van der Waals surface area contributed by atoms with Crippen molar-refractivity contribution in [2.75, 3.05) is 31.7 Å². The van der Waals surface area contributed by atoms with Gasteiger partial charge in [-0.25, -0.2) is 0 Å². The summed E-state index contributed by atoms with van der Waals surface area (Å²) in [5.74, 6) is 0.817. The summed E-state index contributed by atoms with van der Waals surface area (Å²) in [4.78, 5) is 0. The van der Waals surface area contributed by atoms with E-state index >= 15 is 0 Å². The molecule has 1 aromatic rings. The average molecular weight is 314 g/mol. The fourth-order valence-corrected chi connectivity index (χ4v) is 2.53. The van der Waals surface area contributed by atoms with Crippen LogP contribution in [0.2, 0.25) is 5.02 Å². The monoisotopic (exact) mass is 313 g/mol. The normalized spacial score (nSPS) is 17.9. The standard InChI is InChI=1S/C16H24ClNO3/c17-13-6-7-16(21-12-14-5-4-10-20-14)15(11-13)18-8-2-1-3-9-19/h6-7,11,14,18-19H,1-5,8-10,12H2. The van der Waals surface area contributed by atoms with E-state index in [1.54, 1.807) is 0 Å². The molecule has 2 N–H and O–H groups in total. The molecule has 0 bridgehead atoms. The third kappa shape index (κ3) is 5.73. The number of aliphatic hydroxyl groups excluding tert-OH is 1. The maximum atomic E-state index is 8.77. The summed E-state index contributed by atoms with van der Waals surface area (Å²) in [7, 11) is 0. The molecular formula is C16H24ClNO3. The van der Waals surface area contributed by atoms with Gasteiger partial charge in [-0.1, -0.05) is 11.6 Å². The van der Waals surface area contributed by atoms with Gasteiger partial charge in [0.15, 0.2) is 0 Å². The molecule has 5 heteroatoms. The van der Waals surface area contributed by atoms with Gasteiger partial charge in [-0.3, -0.25) is 0 Å². The molecule has 0 spiro atoms. The molecule has 1 aliphatic rings. The summed E-state index contributed by atoms with van der Waals surface area (Å²) < 4.78 is 11.4. The fraction of sp³-hybridized carbons (Fsp3) is 0.625. The summed E-state index contributed by atoms with van der Waals surface area (Å²) in [6.45, 7) is 2.52. The molecule has 1 fully saturated rings. The van der Waals surface area contributed by atoms with Crippen molar-refractivity contribution in [3.8, 4) is 5.75 Å². The van der Waals surface area contributed by atoms with Gasteiger partial charge >= 0.3 is 0 Å². The lowest BCUT2D eigenvalue weighted by Crippen LogP contribution is -2.17. The second kappa shape index (κ2) is 9.13. The van der Waals surface area contributed by atoms with Crippen LogP contribution >= 0.6 is 11.6 Å². The predicted molar refractivity (Wildman–Crippen MR) is 85.3 cm³/mol. The zero-order valence-corrected chi connectivity index (χ0v) is 13.1. The molecule has 21 heavy (non-hydrogen) atoms. The number of hydrogen-bond donors (Lipinski definition) is 2. The van der Waals surface area contributed by atoms with E-state index in [1.165, 1.54) is 0 Å². The molecule has 1 heterocycles. The number of anilines is 1. The van der Waals surface area contributed by atoms with Crippen LogP contribution in [0.4, 0.5) is 5.69 Å². The Balaban J connectivity index is 1.83. The van der Waals surface area contributed by atoms with Gasteiger partial charge in [0.05, 0.1) is 11.8 Å². The van der Waals surface area contributed by atoms with Gasteiger partial charge in [0.25, 0.3) is 0 Å². The molecule has 1 unspecified atom stereocenters. The van der Waals surface area contributed by atoms with Crippen LogP contribution in [0.3, 0.4) is 0 Å². The second-order valence-corrected chi connectivity index (χ2v) is 5.73. The Morgan fingerprint density at radius 2 is 2.24 bits per heavy atom. The van der Waals surface area contributed by atoms with E-state index in [0.717, 1.165) is 56.7 Å². The molecule has 0 aliphatic carbocycles. The Hall–Kier alpha value is -0.970. The maximum absolute atomic E-state index is 8.77. The molecule has 0 saturated carbocycles. The Morgan fingerprint density at radius 1 is 1.33 bits per heavy atom. The van der Waals surface area contributed by atoms with Crippen LogP contribution in [0.15, 0.2) is 18.2 Å². The van der Waals surface area contributed by atoms with Crippen molar-refractivity contribution >= 4 is 17.3 Å². The van der Waals surface area contributed by atoms with Gasteiger partial charge in [0.1, 0.15) is 12.4 Å². The second-order valence-electron chi connectivity index (χ2n) is 5.30. The van der Waals surface area contributed by atoms with Crippen LogP contribution in [0, 0.1) is 0 Å². The van der Waals surface area contributed by atoms with E-state index in [9.17, 15) is 0 Å². The predicted octanol–water partition coefficient (Wildman–Crippen LogP) is 3.47. The van der Waals surface area contributed by atoms with Crippen LogP contribution in [0.5, 0.6) is 5.75 Å². The molecule has 1 saturated heterocycles. The van der Waals surface area contributed by atoms with Crippen molar-refractivity contribution in [3.63, 3.8) is 0 Å². The third-order valence-corrected chi connectivity index (χ3v) is 3.78. The van der Waals surface area contributed by atoms with E-state index in [0.29, 0.717) is 11.6 Å². The number of halogens is 1. The van der Waals surface area contributed by atoms with E-state index in [-0.39, 0.29) is 12.7 Å². The largest absolute Gasteiger partial charge is 0.489 e. The number of rotatable bonds is 9. The van der Waals surface area contributed by atoms with E-state index < -0.39 is 0 Å². The number of hydrogen-bond acceptors (Lipinski definition) is 4. The third-order valence-electron chi connectivity index (χ3n) is 3.54. The first-order valence-electron chi connectivity index (χ1n) is 7.68. The molecule has 1 aromatic carbocycles. The van der Waals surface area contributed by atoms with Crippen molar-refractivity contribution in [2.45, 2.75) is 38.2 Å². The molecule has 0 radical (unpaired) electrons. The quantitative estimate of drug-likeness (QED) is 0.685. The smallest absolute Gasteiger partial charge is 0.142 e. The van der Waals surface area contributed by atoms with Gasteiger partial charge in [0.2, 0.25) is 0 Å². The van der Waals surface area contributed by atoms with Crippen LogP contribution in [0.1, 0.15) is 32.1 Å². The zero-order valence-electron chi connectivity index (χ0n) is 12.3. The zero-order chi connectivity index (χ0) is 14.9. The summed E-state index contributed by atoms with van der Waals surface area (Å²) in [5.41, 5.74) is 0.921. The van der Waals surface area contributed by atoms with Gasteiger partial charge in [-0.15, -0.1) is 0 Å². The number of unbranched alkanes of at least 4 members (excludes halogenated alkanes) is 2. The first-order chi connectivity index (χ1) is 10.3. The minimum Gasteiger partial charge on any atom is -0.489 e. The van der Waals surface area contributed by atoms with Crippen LogP contribution in [-0.2, 0) is 4.74 Å². The Bertz CT molecular complexity index is 422. The van der Waals surface area contributed by atoms with Crippen molar-refractivity contribution in [1.29, 1.82) is 0 Å². The molecule has 1 atom stereocenters. The lowest BCUT2D eigenvalue weighted by molar-refractivity contribution is 0.0682. The molecule has 0 aromatic heterocycles. The first-order valence-corrected chi connectivity index (χ1v) is 8.06. The number of nitrogens with one attached hydrogen (secondary N) is 1. The van der Waals surface area contributed by atoms with Crippen LogP contribution in [0.25, 0.3) is 0 Å². The van der Waals surface area contributed by atoms with Gasteiger partial charge in [-0.2, -0.15) is 0 Å². The SMILES string of the molecule is OCCCCCNc1cc(Cl)ccc1OCC1CCCO1. The molecular weight excluding hydrogens is 290 g/mol. The van der Waals surface area contributed by atoms with Crippen LogP contribution < -0.4 is 10.1 Å². The van der Waals surface area contributed by atoms with Crippen molar-refractivity contribution in [1.82, 2.24) is 0 Å². The molecule has 2 rings (SSSR count). The van der Waals surface area contributed by atoms with Gasteiger partial charge in [0, 0.05) is 24.8 Å². The summed E-state index contributed by atoms with van der Waals surface area (Å²) >= 11 is 6.05. The fourth-order valence-electron chi connectivity index (χ4n) is 2.36. The number of ether oxygens (including phenoxy) is 2. The van der Waals surface area contributed by atoms with Gasteiger partial charge in [-0.05, 0) is 50.3 Å². The number of benzene rings is 1. The Labute approximate surface area is 131 Å². The number of aliphatic hydroxyl groups is 1.